The van der Waals surface area contributed by atoms with Gasteiger partial charge in [-0.2, -0.15) is 0 Å². The van der Waals surface area contributed by atoms with E-state index in [0.717, 1.165) is 33.4 Å². The highest BCUT2D eigenvalue weighted by molar-refractivity contribution is 5.90. The number of nitro benzene ring substituents is 1. The van der Waals surface area contributed by atoms with Crippen LogP contribution in [0.1, 0.15) is 33.7 Å². The largest absolute Gasteiger partial charge is 0.272 e. The van der Waals surface area contributed by atoms with E-state index in [9.17, 15) is 10.1 Å². The zero-order valence-electron chi connectivity index (χ0n) is 23.6. The molecule has 0 aromatic heterocycles. The van der Waals surface area contributed by atoms with Crippen molar-refractivity contribution < 1.29 is 4.92 Å². The molecule has 206 valence electrons. The second kappa shape index (κ2) is 11.4. The summed E-state index contributed by atoms with van der Waals surface area (Å²) in [5, 5.41) is 12.0. The molecule has 0 heterocycles. The van der Waals surface area contributed by atoms with Gasteiger partial charge >= 0.3 is 0 Å². The van der Waals surface area contributed by atoms with Crippen LogP contribution < -0.4 is 0 Å². The van der Waals surface area contributed by atoms with Crippen molar-refractivity contribution in [3.8, 4) is 33.4 Å². The van der Waals surface area contributed by atoms with E-state index >= 15 is 0 Å². The minimum absolute atomic E-state index is 0.0909. The molecule has 0 saturated heterocycles. The van der Waals surface area contributed by atoms with Gasteiger partial charge < -0.3 is 0 Å². The lowest BCUT2D eigenvalue weighted by Gasteiger charge is -2.19. The van der Waals surface area contributed by atoms with Crippen molar-refractivity contribution in [3.05, 3.63) is 184 Å². The number of benzene rings is 1. The lowest BCUT2D eigenvalue weighted by Crippen LogP contribution is -2.07. The molecule has 1 aromatic rings. The minimum atomic E-state index is -0.267. The third kappa shape index (κ3) is 5.06. The first-order valence-corrected chi connectivity index (χ1v) is 14.5. The summed E-state index contributed by atoms with van der Waals surface area (Å²) in [5.74, 6) is -0.0909. The lowest BCUT2D eigenvalue weighted by molar-refractivity contribution is -0.385. The summed E-state index contributed by atoms with van der Waals surface area (Å²) in [6, 6.07) is 49.6. The SMILES string of the molecule is O=[N+]([O-])c1ccccc1CC(c1ccc2cccccc1-2)c1cc(/C=C/c2ccc3cccccc2-3)c2cccccc1-2. The summed E-state index contributed by atoms with van der Waals surface area (Å²) >= 11 is 0. The Labute approximate surface area is 251 Å². The lowest BCUT2D eigenvalue weighted by atomic mass is 9.83. The maximum atomic E-state index is 12.0. The Morgan fingerprint density at radius 3 is 1.88 bits per heavy atom. The van der Waals surface area contributed by atoms with Crippen LogP contribution in [0.15, 0.2) is 146 Å². The number of nitro groups is 1. The summed E-state index contributed by atoms with van der Waals surface area (Å²) in [5.41, 5.74) is 12.6. The number of para-hydroxylation sites is 1. The van der Waals surface area contributed by atoms with Gasteiger partial charge in [-0.05, 0) is 68.1 Å². The molecule has 3 nitrogen and oxygen atoms in total. The van der Waals surface area contributed by atoms with Crippen LogP contribution in [0, 0.1) is 10.1 Å². The van der Waals surface area contributed by atoms with Gasteiger partial charge in [-0.15, -0.1) is 0 Å². The zero-order chi connectivity index (χ0) is 29.2. The molecule has 7 rings (SSSR count). The van der Waals surface area contributed by atoms with E-state index in [-0.39, 0.29) is 16.5 Å². The molecule has 6 aliphatic rings. The second-order valence-electron chi connectivity index (χ2n) is 10.9. The molecule has 1 aromatic carbocycles. The molecule has 0 radical (unpaired) electrons. The van der Waals surface area contributed by atoms with Crippen LogP contribution in [0.3, 0.4) is 0 Å². The number of nitrogens with zero attached hydrogens (tertiary/aromatic N) is 1. The van der Waals surface area contributed by atoms with E-state index in [4.69, 9.17) is 0 Å². The van der Waals surface area contributed by atoms with Gasteiger partial charge in [-0.3, -0.25) is 10.1 Å². The molecule has 0 saturated carbocycles. The van der Waals surface area contributed by atoms with E-state index in [1.807, 2.05) is 18.2 Å². The topological polar surface area (TPSA) is 43.1 Å². The molecule has 0 fully saturated rings. The van der Waals surface area contributed by atoms with Crippen molar-refractivity contribution >= 4 is 17.8 Å². The molecule has 0 bridgehead atoms. The Hall–Kier alpha value is -5.54. The third-order valence-corrected chi connectivity index (χ3v) is 8.43. The Morgan fingerprint density at radius 2 is 1.12 bits per heavy atom. The van der Waals surface area contributed by atoms with E-state index < -0.39 is 0 Å². The van der Waals surface area contributed by atoms with Gasteiger partial charge in [-0.25, -0.2) is 0 Å². The van der Waals surface area contributed by atoms with Crippen molar-refractivity contribution in [2.75, 3.05) is 0 Å². The molecule has 1 atom stereocenters. The molecule has 6 aliphatic carbocycles. The summed E-state index contributed by atoms with van der Waals surface area (Å²) in [7, 11) is 0. The van der Waals surface area contributed by atoms with Crippen molar-refractivity contribution in [1.82, 2.24) is 0 Å². The number of rotatable bonds is 7. The van der Waals surface area contributed by atoms with Crippen molar-refractivity contribution in [3.63, 3.8) is 0 Å². The van der Waals surface area contributed by atoms with Crippen LogP contribution >= 0.6 is 0 Å². The first-order valence-electron chi connectivity index (χ1n) is 14.5. The smallest absolute Gasteiger partial charge is 0.258 e. The maximum Gasteiger partial charge on any atom is 0.272 e. The molecule has 43 heavy (non-hydrogen) atoms. The van der Waals surface area contributed by atoms with Gasteiger partial charge in [0.05, 0.1) is 4.92 Å². The summed E-state index contributed by atoms with van der Waals surface area (Å²) in [6.07, 6.45) is 4.92. The summed E-state index contributed by atoms with van der Waals surface area (Å²) < 4.78 is 0. The predicted molar refractivity (Wildman–Crippen MR) is 177 cm³/mol. The predicted octanol–water partition coefficient (Wildman–Crippen LogP) is 10.5. The van der Waals surface area contributed by atoms with Crippen LogP contribution in [0.25, 0.3) is 45.5 Å². The molecular formula is C40H29NO2. The fourth-order valence-electron chi connectivity index (χ4n) is 6.38. The van der Waals surface area contributed by atoms with Gasteiger partial charge in [-0.1, -0.05) is 146 Å². The normalized spacial score (nSPS) is 12.3. The average molecular weight is 556 g/mol. The average Bonchev–Trinajstić information content (AvgIpc) is 3.45. The first-order chi connectivity index (χ1) is 21.2. The zero-order valence-corrected chi connectivity index (χ0v) is 23.6. The molecule has 0 aliphatic heterocycles. The van der Waals surface area contributed by atoms with Gasteiger partial charge in [0.15, 0.2) is 0 Å². The maximum absolute atomic E-state index is 12.0. The van der Waals surface area contributed by atoms with Crippen molar-refractivity contribution in [2.24, 2.45) is 0 Å². The molecule has 0 spiro atoms. The number of hydrogen-bond donors (Lipinski definition) is 0. The standard InChI is InChI=1S/C40H29NO2/c42-41(43)40-19-11-10-14-32(40)27-39(37-25-24-29-13-5-2-7-16-34(29)37)38-26-31(35-17-8-3-9-18-36(35)38)23-22-30-21-20-28-12-4-1-6-15-33(28)30/h1-26,39H,27H2/b23-22+. The van der Waals surface area contributed by atoms with Gasteiger partial charge in [0.25, 0.3) is 5.69 Å². The van der Waals surface area contributed by atoms with Crippen LogP contribution in [0.2, 0.25) is 0 Å². The monoisotopic (exact) mass is 555 g/mol. The highest BCUT2D eigenvalue weighted by atomic mass is 16.6. The van der Waals surface area contributed by atoms with Crippen LogP contribution in [0.4, 0.5) is 5.69 Å². The fraction of sp³-hybridized carbons (Fsp3) is 0.0500. The Balaban J connectivity index is 1.39. The molecule has 0 amide bonds. The molecule has 1 unspecified atom stereocenters. The quantitative estimate of drug-likeness (QED) is 0.145. The van der Waals surface area contributed by atoms with Crippen molar-refractivity contribution in [1.29, 1.82) is 0 Å². The van der Waals surface area contributed by atoms with E-state index in [2.05, 4.69) is 127 Å². The summed E-state index contributed by atoms with van der Waals surface area (Å²) in [4.78, 5) is 11.8. The molecule has 0 N–H and O–H groups in total. The van der Waals surface area contributed by atoms with Crippen molar-refractivity contribution in [2.45, 2.75) is 12.3 Å². The fourth-order valence-corrected chi connectivity index (χ4v) is 6.38. The summed E-state index contributed by atoms with van der Waals surface area (Å²) in [6.45, 7) is 0. The number of fused-ring (bicyclic) bond motifs is 3. The highest BCUT2D eigenvalue weighted by Crippen LogP contribution is 2.45. The van der Waals surface area contributed by atoms with E-state index in [1.54, 1.807) is 12.1 Å². The third-order valence-electron chi connectivity index (χ3n) is 8.43. The number of hydrogen-bond acceptors (Lipinski definition) is 2. The Morgan fingerprint density at radius 1 is 0.535 bits per heavy atom. The van der Waals surface area contributed by atoms with E-state index in [0.29, 0.717) is 6.42 Å². The van der Waals surface area contributed by atoms with Gasteiger partial charge in [0.1, 0.15) is 0 Å². The Bertz CT molecular complexity index is 2000. The highest BCUT2D eigenvalue weighted by Gasteiger charge is 2.28. The van der Waals surface area contributed by atoms with Crippen LogP contribution in [-0.4, -0.2) is 4.92 Å². The molecule has 3 heteroatoms. The van der Waals surface area contributed by atoms with E-state index in [1.165, 1.54) is 27.8 Å². The van der Waals surface area contributed by atoms with Crippen LogP contribution in [0.5, 0.6) is 0 Å². The molecular weight excluding hydrogens is 526 g/mol. The van der Waals surface area contributed by atoms with Gasteiger partial charge in [0.2, 0.25) is 0 Å². The minimum Gasteiger partial charge on any atom is -0.258 e. The van der Waals surface area contributed by atoms with Crippen LogP contribution in [-0.2, 0) is 6.42 Å². The van der Waals surface area contributed by atoms with Gasteiger partial charge in [0, 0.05) is 17.5 Å². The first kappa shape index (κ1) is 26.4. The Kier molecular flexibility index (Phi) is 6.98. The second-order valence-corrected chi connectivity index (χ2v) is 10.9.